The van der Waals surface area contributed by atoms with Crippen LogP contribution < -0.4 is 11.1 Å². The van der Waals surface area contributed by atoms with E-state index in [1.165, 1.54) is 23.3 Å². The van der Waals surface area contributed by atoms with Crippen molar-refractivity contribution in [2.45, 2.75) is 25.4 Å². The van der Waals surface area contributed by atoms with E-state index in [0.29, 0.717) is 5.95 Å². The molecule has 0 bridgehead atoms. The van der Waals surface area contributed by atoms with Crippen LogP contribution in [0.4, 0.5) is 16.3 Å². The molecule has 0 fully saturated rings. The zero-order chi connectivity index (χ0) is 16.7. The highest BCUT2D eigenvalue weighted by molar-refractivity contribution is 5.42. The first kappa shape index (κ1) is 14.7. The van der Waals surface area contributed by atoms with Crippen molar-refractivity contribution in [1.82, 2.24) is 14.8 Å². The Labute approximate surface area is 139 Å². The van der Waals surface area contributed by atoms with Crippen LogP contribution in [0.3, 0.4) is 0 Å². The molecule has 1 aromatic heterocycles. The van der Waals surface area contributed by atoms with E-state index in [4.69, 9.17) is 5.73 Å². The summed E-state index contributed by atoms with van der Waals surface area (Å²) in [6.07, 6.45) is 0.782. The van der Waals surface area contributed by atoms with Gasteiger partial charge in [0.25, 0.3) is 0 Å². The normalized spacial score (nSPS) is 19.6. The molecule has 0 saturated heterocycles. The molecule has 4 rings (SSSR count). The monoisotopic (exact) mass is 323 g/mol. The molecular weight excluding hydrogens is 305 g/mol. The van der Waals surface area contributed by atoms with Crippen molar-refractivity contribution in [3.05, 3.63) is 71.0 Å². The van der Waals surface area contributed by atoms with E-state index in [9.17, 15) is 4.39 Å². The molecule has 5 nitrogen and oxygen atoms in total. The molecule has 0 unspecified atom stereocenters. The van der Waals surface area contributed by atoms with Crippen molar-refractivity contribution >= 4 is 11.9 Å². The van der Waals surface area contributed by atoms with Crippen molar-refractivity contribution in [3.63, 3.8) is 0 Å². The lowest BCUT2D eigenvalue weighted by Gasteiger charge is -2.31. The minimum absolute atomic E-state index is 0.0436. The van der Waals surface area contributed by atoms with Gasteiger partial charge in [-0.3, -0.25) is 0 Å². The van der Waals surface area contributed by atoms with Gasteiger partial charge in [-0.2, -0.15) is 4.98 Å². The number of nitrogen functional groups attached to an aromatic ring is 1. The molecule has 2 atom stereocenters. The maximum Gasteiger partial charge on any atom is 0.241 e. The van der Waals surface area contributed by atoms with Crippen molar-refractivity contribution in [3.8, 4) is 0 Å². The molecule has 0 radical (unpaired) electrons. The molecule has 24 heavy (non-hydrogen) atoms. The van der Waals surface area contributed by atoms with Gasteiger partial charge in [0.15, 0.2) is 0 Å². The second-order valence-electron chi connectivity index (χ2n) is 6.15. The van der Waals surface area contributed by atoms with Crippen LogP contribution in [-0.4, -0.2) is 14.8 Å². The molecule has 0 aliphatic carbocycles. The summed E-state index contributed by atoms with van der Waals surface area (Å²) in [4.78, 5) is 4.28. The lowest BCUT2D eigenvalue weighted by atomic mass is 9.93. The van der Waals surface area contributed by atoms with Gasteiger partial charge in [0, 0.05) is 0 Å². The zero-order valence-corrected chi connectivity index (χ0v) is 13.3. The fraction of sp³-hybridized carbons (Fsp3) is 0.222. The van der Waals surface area contributed by atoms with Gasteiger partial charge in [-0.25, -0.2) is 9.07 Å². The predicted octanol–water partition coefficient (Wildman–Crippen LogP) is 3.45. The van der Waals surface area contributed by atoms with Crippen LogP contribution in [0.1, 0.15) is 35.2 Å². The average molecular weight is 323 g/mol. The molecule has 3 aromatic rings. The first-order valence-electron chi connectivity index (χ1n) is 7.91. The molecule has 6 heteroatoms. The van der Waals surface area contributed by atoms with Gasteiger partial charge in [-0.15, -0.1) is 5.10 Å². The van der Waals surface area contributed by atoms with Gasteiger partial charge in [0.05, 0.1) is 12.1 Å². The van der Waals surface area contributed by atoms with Crippen LogP contribution in [0.2, 0.25) is 0 Å². The molecule has 1 aliphatic heterocycles. The van der Waals surface area contributed by atoms with Crippen LogP contribution in [0.5, 0.6) is 0 Å². The largest absolute Gasteiger partial charge is 0.366 e. The van der Waals surface area contributed by atoms with Crippen molar-refractivity contribution in [1.29, 1.82) is 0 Å². The standard InChI is InChI=1S/C18H18FN5/c1-11-2-4-12(5-3-11)15-10-16(13-6-8-14(19)9-7-13)24-18(21-15)22-17(20)23-24/h2-9,15-16H,10H2,1H3,(H3,20,21,22,23)/t15-,16-/m1/s1. The highest BCUT2D eigenvalue weighted by atomic mass is 19.1. The minimum atomic E-state index is -0.249. The van der Waals surface area contributed by atoms with Crippen molar-refractivity contribution in [2.24, 2.45) is 0 Å². The Hall–Kier alpha value is -2.89. The van der Waals surface area contributed by atoms with E-state index in [2.05, 4.69) is 46.6 Å². The number of anilines is 2. The predicted molar refractivity (Wildman–Crippen MR) is 91.1 cm³/mol. The number of nitrogens with two attached hydrogens (primary N) is 1. The van der Waals surface area contributed by atoms with E-state index >= 15 is 0 Å². The summed E-state index contributed by atoms with van der Waals surface area (Å²) in [5.41, 5.74) is 9.17. The number of rotatable bonds is 2. The fourth-order valence-corrected chi connectivity index (χ4v) is 3.17. The third-order valence-electron chi connectivity index (χ3n) is 4.44. The topological polar surface area (TPSA) is 68.8 Å². The van der Waals surface area contributed by atoms with Gasteiger partial charge in [0.1, 0.15) is 5.82 Å². The Balaban J connectivity index is 1.74. The molecule has 3 N–H and O–H groups in total. The fourth-order valence-electron chi connectivity index (χ4n) is 3.17. The Kier molecular flexibility index (Phi) is 3.45. The number of nitrogens with one attached hydrogen (secondary N) is 1. The first-order valence-corrected chi connectivity index (χ1v) is 7.91. The molecule has 0 saturated carbocycles. The molecule has 122 valence electrons. The number of aryl methyl sites for hydroxylation is 1. The van der Waals surface area contributed by atoms with Gasteiger partial charge in [-0.05, 0) is 36.6 Å². The summed E-state index contributed by atoms with van der Waals surface area (Å²) in [5, 5.41) is 7.70. The number of hydrogen-bond acceptors (Lipinski definition) is 4. The Morgan fingerprint density at radius 1 is 1.08 bits per heavy atom. The highest BCUT2D eigenvalue weighted by Crippen LogP contribution is 2.37. The number of hydrogen-bond donors (Lipinski definition) is 2. The summed E-state index contributed by atoms with van der Waals surface area (Å²) >= 11 is 0. The Bertz CT molecular complexity index is 854. The maximum atomic E-state index is 13.3. The zero-order valence-electron chi connectivity index (χ0n) is 13.3. The van der Waals surface area contributed by atoms with Crippen LogP contribution in [0, 0.1) is 12.7 Å². The Morgan fingerprint density at radius 3 is 2.46 bits per heavy atom. The number of aromatic nitrogens is 3. The van der Waals surface area contributed by atoms with Gasteiger partial charge in [-0.1, -0.05) is 42.0 Å². The lowest BCUT2D eigenvalue weighted by molar-refractivity contribution is 0.431. The van der Waals surface area contributed by atoms with Crippen LogP contribution >= 0.6 is 0 Å². The van der Waals surface area contributed by atoms with E-state index in [-0.39, 0.29) is 23.8 Å². The molecule has 1 aliphatic rings. The summed E-state index contributed by atoms with van der Waals surface area (Å²) in [6, 6.07) is 15.0. The average Bonchev–Trinajstić information content (AvgIpc) is 2.95. The van der Waals surface area contributed by atoms with Crippen LogP contribution in [0.25, 0.3) is 0 Å². The third-order valence-corrected chi connectivity index (χ3v) is 4.44. The quantitative estimate of drug-likeness (QED) is 0.758. The SMILES string of the molecule is Cc1ccc([C@H]2C[C@H](c3ccc(F)cc3)n3nc(N)nc3N2)cc1. The molecule has 2 aromatic carbocycles. The van der Waals surface area contributed by atoms with E-state index in [0.717, 1.165) is 12.0 Å². The number of benzene rings is 2. The van der Waals surface area contributed by atoms with E-state index < -0.39 is 0 Å². The van der Waals surface area contributed by atoms with Gasteiger partial charge in [0.2, 0.25) is 11.9 Å². The minimum Gasteiger partial charge on any atom is -0.366 e. The second kappa shape index (κ2) is 5.63. The van der Waals surface area contributed by atoms with Crippen molar-refractivity contribution in [2.75, 3.05) is 11.1 Å². The molecule has 0 spiro atoms. The van der Waals surface area contributed by atoms with E-state index in [1.807, 2.05) is 0 Å². The number of nitrogens with zero attached hydrogens (tertiary/aromatic N) is 3. The molecule has 2 heterocycles. The van der Waals surface area contributed by atoms with Crippen LogP contribution in [-0.2, 0) is 0 Å². The van der Waals surface area contributed by atoms with Gasteiger partial charge < -0.3 is 11.1 Å². The smallest absolute Gasteiger partial charge is 0.241 e. The Morgan fingerprint density at radius 2 is 1.75 bits per heavy atom. The number of halogens is 1. The summed E-state index contributed by atoms with van der Waals surface area (Å²) in [7, 11) is 0. The van der Waals surface area contributed by atoms with E-state index in [1.54, 1.807) is 16.8 Å². The van der Waals surface area contributed by atoms with Gasteiger partial charge >= 0.3 is 0 Å². The first-order chi connectivity index (χ1) is 11.6. The molecular formula is C18H18FN5. The number of fused-ring (bicyclic) bond motifs is 1. The lowest BCUT2D eigenvalue weighted by Crippen LogP contribution is -2.28. The second-order valence-corrected chi connectivity index (χ2v) is 6.15. The summed E-state index contributed by atoms with van der Waals surface area (Å²) in [5.74, 6) is 0.619. The molecule has 0 amide bonds. The summed E-state index contributed by atoms with van der Waals surface area (Å²) < 4.78 is 15.1. The summed E-state index contributed by atoms with van der Waals surface area (Å²) in [6.45, 7) is 2.07. The third kappa shape index (κ3) is 2.60. The van der Waals surface area contributed by atoms with Crippen molar-refractivity contribution < 1.29 is 4.39 Å². The van der Waals surface area contributed by atoms with Crippen LogP contribution in [0.15, 0.2) is 48.5 Å². The maximum absolute atomic E-state index is 13.3. The highest BCUT2D eigenvalue weighted by Gasteiger charge is 2.30.